The highest BCUT2D eigenvalue weighted by atomic mass is 16.4. The topological polar surface area (TPSA) is 188 Å². The first-order valence-electron chi connectivity index (χ1n) is 11.3. The molecule has 1 aliphatic heterocycles. The lowest BCUT2D eigenvalue weighted by Crippen LogP contribution is -2.58. The van der Waals surface area contributed by atoms with Crippen molar-refractivity contribution in [3.8, 4) is 0 Å². The van der Waals surface area contributed by atoms with Crippen molar-refractivity contribution in [3.05, 3.63) is 0 Å². The molecule has 11 nitrogen and oxygen atoms in total. The molecule has 1 fully saturated rings. The van der Waals surface area contributed by atoms with E-state index in [1.807, 2.05) is 13.8 Å². The Morgan fingerprint density at radius 3 is 2.34 bits per heavy atom. The fourth-order valence-corrected chi connectivity index (χ4v) is 3.67. The van der Waals surface area contributed by atoms with Crippen LogP contribution in [0.3, 0.4) is 0 Å². The van der Waals surface area contributed by atoms with Gasteiger partial charge < -0.3 is 37.2 Å². The summed E-state index contributed by atoms with van der Waals surface area (Å²) in [6.07, 6.45) is 1.97. The minimum absolute atomic E-state index is 0.0615. The molecule has 0 bridgehead atoms. The molecular formula is C21H39N5O6. The predicted octanol–water partition coefficient (Wildman–Crippen LogP) is -1.09. The Hall–Kier alpha value is -2.24. The Balaban J connectivity index is 2.97. The van der Waals surface area contributed by atoms with Gasteiger partial charge in [-0.15, -0.1) is 0 Å². The van der Waals surface area contributed by atoms with Gasteiger partial charge in [0.25, 0.3) is 0 Å². The van der Waals surface area contributed by atoms with E-state index in [0.29, 0.717) is 51.6 Å². The van der Waals surface area contributed by atoms with Gasteiger partial charge in [0.2, 0.25) is 17.7 Å². The first-order chi connectivity index (χ1) is 15.0. The molecule has 0 spiro atoms. The van der Waals surface area contributed by atoms with Crippen molar-refractivity contribution >= 4 is 23.7 Å². The number of carbonyl (C=O) groups excluding carboxylic acids is 3. The molecule has 0 aromatic heterocycles. The molecule has 0 aromatic carbocycles. The molecule has 0 aliphatic carbocycles. The zero-order chi connectivity index (χ0) is 24.4. The maximum absolute atomic E-state index is 13.3. The molecule has 32 heavy (non-hydrogen) atoms. The van der Waals surface area contributed by atoms with E-state index in [0.717, 1.165) is 0 Å². The molecule has 0 aromatic rings. The second kappa shape index (κ2) is 13.3. The summed E-state index contributed by atoms with van der Waals surface area (Å²) < 4.78 is 0. The number of hydrogen-bond acceptors (Lipinski definition) is 7. The van der Waals surface area contributed by atoms with Gasteiger partial charge in [-0.05, 0) is 51.5 Å². The maximum atomic E-state index is 13.3. The Morgan fingerprint density at radius 1 is 1.16 bits per heavy atom. The van der Waals surface area contributed by atoms with E-state index in [2.05, 4.69) is 10.6 Å². The lowest BCUT2D eigenvalue weighted by Gasteiger charge is -2.30. The number of carbonyl (C=O) groups is 4. The van der Waals surface area contributed by atoms with Crippen molar-refractivity contribution in [2.45, 2.75) is 89.6 Å². The molecular weight excluding hydrogens is 418 g/mol. The Bertz CT molecular complexity index is 659. The van der Waals surface area contributed by atoms with E-state index in [1.165, 1.54) is 11.8 Å². The van der Waals surface area contributed by atoms with Crippen molar-refractivity contribution in [2.24, 2.45) is 17.4 Å². The SMILES string of the molecule is CCC(C)C(N)C(=O)NC(CCCCN)C(=O)N1CCCC1C(=O)NC(C(=O)O)C(C)O. The lowest BCUT2D eigenvalue weighted by atomic mass is 9.98. The number of aliphatic hydroxyl groups is 1. The number of unbranched alkanes of at least 4 members (excludes halogenated alkanes) is 1. The summed E-state index contributed by atoms with van der Waals surface area (Å²) in [7, 11) is 0. The highest BCUT2D eigenvalue weighted by molar-refractivity contribution is 5.94. The minimum atomic E-state index is -1.48. The van der Waals surface area contributed by atoms with E-state index < -0.39 is 54.0 Å². The zero-order valence-corrected chi connectivity index (χ0v) is 19.3. The van der Waals surface area contributed by atoms with Crippen LogP contribution in [0.4, 0.5) is 0 Å². The standard InChI is InChI=1S/C21H39N5O6/c1-4-12(2)16(23)19(29)24-14(8-5-6-10-22)20(30)26-11-7-9-15(26)18(28)25-17(13(3)27)21(31)32/h12-17,27H,4-11,22-23H2,1-3H3,(H,24,29)(H,25,28)(H,31,32). The number of nitrogens with zero attached hydrogens (tertiary/aromatic N) is 1. The molecule has 6 atom stereocenters. The van der Waals surface area contributed by atoms with Gasteiger partial charge in [-0.1, -0.05) is 20.3 Å². The van der Waals surface area contributed by atoms with Crippen molar-refractivity contribution in [3.63, 3.8) is 0 Å². The molecule has 1 aliphatic rings. The van der Waals surface area contributed by atoms with Crippen LogP contribution in [0.2, 0.25) is 0 Å². The number of carboxylic acids is 1. The van der Waals surface area contributed by atoms with Crippen molar-refractivity contribution < 1.29 is 29.4 Å². The zero-order valence-electron chi connectivity index (χ0n) is 19.3. The molecule has 1 rings (SSSR count). The van der Waals surface area contributed by atoms with Crippen LogP contribution >= 0.6 is 0 Å². The highest BCUT2D eigenvalue weighted by Gasteiger charge is 2.39. The number of nitrogens with one attached hydrogen (secondary N) is 2. The number of likely N-dealkylation sites (tertiary alicyclic amines) is 1. The van der Waals surface area contributed by atoms with Crippen LogP contribution in [0.15, 0.2) is 0 Å². The van der Waals surface area contributed by atoms with Crippen LogP contribution in [0.25, 0.3) is 0 Å². The molecule has 11 heteroatoms. The molecule has 0 radical (unpaired) electrons. The van der Waals surface area contributed by atoms with Gasteiger partial charge in [0.1, 0.15) is 12.1 Å². The molecule has 0 saturated carbocycles. The summed E-state index contributed by atoms with van der Waals surface area (Å²) in [4.78, 5) is 51.3. The average molecular weight is 458 g/mol. The minimum Gasteiger partial charge on any atom is -0.480 e. The summed E-state index contributed by atoms with van der Waals surface area (Å²) in [5.41, 5.74) is 11.6. The normalized spacial score (nSPS) is 20.7. The number of carboxylic acid groups (broad SMARTS) is 1. The van der Waals surface area contributed by atoms with E-state index >= 15 is 0 Å². The van der Waals surface area contributed by atoms with Crippen LogP contribution in [-0.4, -0.2) is 82.2 Å². The molecule has 1 saturated heterocycles. The smallest absolute Gasteiger partial charge is 0.328 e. The van der Waals surface area contributed by atoms with Gasteiger partial charge in [0.15, 0.2) is 6.04 Å². The second-order valence-corrected chi connectivity index (χ2v) is 8.51. The fourth-order valence-electron chi connectivity index (χ4n) is 3.67. The number of nitrogens with two attached hydrogens (primary N) is 2. The Kier molecular flexibility index (Phi) is 11.6. The van der Waals surface area contributed by atoms with Gasteiger partial charge in [-0.25, -0.2) is 4.79 Å². The van der Waals surface area contributed by atoms with E-state index in [-0.39, 0.29) is 5.92 Å². The van der Waals surface area contributed by atoms with E-state index in [1.54, 1.807) is 0 Å². The second-order valence-electron chi connectivity index (χ2n) is 8.51. The van der Waals surface area contributed by atoms with Crippen LogP contribution in [-0.2, 0) is 19.2 Å². The summed E-state index contributed by atoms with van der Waals surface area (Å²) in [5.74, 6) is -2.91. The van der Waals surface area contributed by atoms with Gasteiger partial charge in [-0.2, -0.15) is 0 Å². The van der Waals surface area contributed by atoms with Crippen molar-refractivity contribution in [1.82, 2.24) is 15.5 Å². The van der Waals surface area contributed by atoms with Crippen molar-refractivity contribution in [2.75, 3.05) is 13.1 Å². The van der Waals surface area contributed by atoms with Crippen LogP contribution in [0.1, 0.15) is 59.3 Å². The molecule has 184 valence electrons. The number of aliphatic hydroxyl groups excluding tert-OH is 1. The predicted molar refractivity (Wildman–Crippen MR) is 118 cm³/mol. The molecule has 3 amide bonds. The van der Waals surface area contributed by atoms with Gasteiger partial charge in [0.05, 0.1) is 12.1 Å². The summed E-state index contributed by atoms with van der Waals surface area (Å²) in [6, 6.07) is -3.97. The molecule has 6 unspecified atom stereocenters. The maximum Gasteiger partial charge on any atom is 0.328 e. The van der Waals surface area contributed by atoms with Crippen LogP contribution < -0.4 is 22.1 Å². The first-order valence-corrected chi connectivity index (χ1v) is 11.3. The lowest BCUT2D eigenvalue weighted by molar-refractivity contribution is -0.147. The number of aliphatic carboxylic acids is 1. The largest absolute Gasteiger partial charge is 0.480 e. The summed E-state index contributed by atoms with van der Waals surface area (Å²) in [6.45, 7) is 5.81. The Morgan fingerprint density at radius 2 is 1.81 bits per heavy atom. The van der Waals surface area contributed by atoms with Crippen LogP contribution in [0, 0.1) is 5.92 Å². The van der Waals surface area contributed by atoms with Gasteiger partial charge in [0, 0.05) is 6.54 Å². The van der Waals surface area contributed by atoms with Crippen molar-refractivity contribution in [1.29, 1.82) is 0 Å². The summed E-state index contributed by atoms with van der Waals surface area (Å²) >= 11 is 0. The van der Waals surface area contributed by atoms with E-state index in [9.17, 15) is 29.4 Å². The highest BCUT2D eigenvalue weighted by Crippen LogP contribution is 2.20. The molecule has 8 N–H and O–H groups in total. The Labute approximate surface area is 189 Å². The number of hydrogen-bond donors (Lipinski definition) is 6. The average Bonchev–Trinajstić information content (AvgIpc) is 3.24. The number of rotatable bonds is 13. The third kappa shape index (κ3) is 7.72. The van der Waals surface area contributed by atoms with Crippen LogP contribution in [0.5, 0.6) is 0 Å². The third-order valence-corrected chi connectivity index (χ3v) is 6.01. The first kappa shape index (κ1) is 27.8. The summed E-state index contributed by atoms with van der Waals surface area (Å²) in [5, 5.41) is 23.9. The fraction of sp³-hybridized carbons (Fsp3) is 0.810. The van der Waals surface area contributed by atoms with Gasteiger partial charge >= 0.3 is 5.97 Å². The number of amides is 3. The van der Waals surface area contributed by atoms with E-state index in [4.69, 9.17) is 11.5 Å². The quantitative estimate of drug-likeness (QED) is 0.188. The third-order valence-electron chi connectivity index (χ3n) is 6.01. The monoisotopic (exact) mass is 457 g/mol. The van der Waals surface area contributed by atoms with Gasteiger partial charge in [-0.3, -0.25) is 14.4 Å². The molecule has 1 heterocycles.